The van der Waals surface area contributed by atoms with E-state index in [1.807, 2.05) is 6.92 Å². The molecular weight excluding hydrogens is 444 g/mol. The van der Waals surface area contributed by atoms with E-state index in [9.17, 15) is 18.3 Å². The fourth-order valence-electron chi connectivity index (χ4n) is 4.07. The smallest absolute Gasteiger partial charge is 0.247 e. The van der Waals surface area contributed by atoms with Crippen molar-refractivity contribution in [2.45, 2.75) is 43.7 Å². The molecule has 33 heavy (non-hydrogen) atoms. The summed E-state index contributed by atoms with van der Waals surface area (Å²) >= 11 is 0. The summed E-state index contributed by atoms with van der Waals surface area (Å²) in [5, 5.41) is 9.76. The molecule has 10 heteroatoms. The van der Waals surface area contributed by atoms with Gasteiger partial charge in [-0.3, -0.25) is 4.79 Å². The molecule has 2 heterocycles. The quantitative estimate of drug-likeness (QED) is 0.679. The van der Waals surface area contributed by atoms with E-state index in [0.717, 1.165) is 24.0 Å². The van der Waals surface area contributed by atoms with Gasteiger partial charge < -0.3 is 14.7 Å². The summed E-state index contributed by atoms with van der Waals surface area (Å²) in [5.41, 5.74) is 1.45. The van der Waals surface area contributed by atoms with E-state index in [4.69, 9.17) is 4.74 Å². The van der Waals surface area contributed by atoms with Crippen molar-refractivity contribution in [1.82, 2.24) is 19.2 Å². The summed E-state index contributed by atoms with van der Waals surface area (Å²) in [6, 6.07) is 4.30. The Balaban J connectivity index is 1.76. The van der Waals surface area contributed by atoms with Crippen molar-refractivity contribution in [2.75, 3.05) is 26.7 Å². The van der Waals surface area contributed by atoms with Crippen molar-refractivity contribution in [2.24, 2.45) is 11.8 Å². The highest BCUT2D eigenvalue weighted by Crippen LogP contribution is 2.37. The average molecular weight is 475 g/mol. The number of benzene rings is 1. The molecule has 2 aliphatic rings. The second-order valence-electron chi connectivity index (χ2n) is 9.02. The van der Waals surface area contributed by atoms with Crippen LogP contribution in [0.1, 0.15) is 26.7 Å². The molecule has 1 aliphatic heterocycles. The van der Waals surface area contributed by atoms with Crippen LogP contribution in [0.3, 0.4) is 0 Å². The summed E-state index contributed by atoms with van der Waals surface area (Å²) in [7, 11) is -2.16. The van der Waals surface area contributed by atoms with Gasteiger partial charge in [0.15, 0.2) is 0 Å². The molecule has 1 N–H and O–H groups in total. The van der Waals surface area contributed by atoms with E-state index in [-0.39, 0.29) is 41.5 Å². The number of nitrogens with zero attached hydrogens (tertiary/aromatic N) is 4. The normalized spacial score (nSPS) is 23.5. The summed E-state index contributed by atoms with van der Waals surface area (Å²) < 4.78 is 34.8. The number of rotatable bonds is 6. The van der Waals surface area contributed by atoms with Gasteiger partial charge in [0.05, 0.1) is 13.2 Å². The number of sulfonamides is 1. The van der Waals surface area contributed by atoms with Crippen molar-refractivity contribution in [3.63, 3.8) is 0 Å². The number of carbonyl (C=O) groups excluding carboxylic acids is 1. The lowest BCUT2D eigenvalue weighted by Gasteiger charge is -2.37. The molecule has 178 valence electrons. The lowest BCUT2D eigenvalue weighted by Crippen LogP contribution is -2.50. The van der Waals surface area contributed by atoms with Gasteiger partial charge in [0.2, 0.25) is 15.9 Å². The van der Waals surface area contributed by atoms with E-state index in [1.165, 1.54) is 16.7 Å². The molecule has 3 atom stereocenters. The first-order valence-electron chi connectivity index (χ1n) is 11.2. The Morgan fingerprint density at radius 3 is 2.61 bits per heavy atom. The highest BCUT2D eigenvalue weighted by Gasteiger charge is 2.39. The van der Waals surface area contributed by atoms with Crippen LogP contribution >= 0.6 is 0 Å². The van der Waals surface area contributed by atoms with Crippen LogP contribution in [0.25, 0.3) is 11.1 Å². The standard InChI is InChI=1S/C23H30N4O5S/c1-15-11-27(16(2)13-28)33(30,31)22-7-6-18(19-9-24-14-25-10-19)8-20(22)32-21(15)12-26(3)23(29)17-4-5-17/h6-10,14-17,21,28H,4-5,11-13H2,1-3H3/t15-,16+,21-/m1/s1. The highest BCUT2D eigenvalue weighted by atomic mass is 32.2. The Kier molecular flexibility index (Phi) is 6.69. The topological polar surface area (TPSA) is 113 Å². The number of hydrogen-bond acceptors (Lipinski definition) is 7. The SMILES string of the molecule is C[C@@H]1CN([C@@H](C)CO)S(=O)(=O)c2ccc(-c3cncnc3)cc2O[C@@H]1CN(C)C(=O)C1CC1. The van der Waals surface area contributed by atoms with Crippen LogP contribution in [0.4, 0.5) is 0 Å². The molecule has 0 bridgehead atoms. The van der Waals surface area contributed by atoms with Crippen LogP contribution in [0.5, 0.6) is 5.75 Å². The van der Waals surface area contributed by atoms with E-state index >= 15 is 0 Å². The number of aliphatic hydroxyl groups excluding tert-OH is 1. The number of aromatic nitrogens is 2. The predicted octanol–water partition coefficient (Wildman–Crippen LogP) is 1.78. The Morgan fingerprint density at radius 2 is 1.97 bits per heavy atom. The van der Waals surface area contributed by atoms with E-state index < -0.39 is 22.2 Å². The van der Waals surface area contributed by atoms with Gasteiger partial charge >= 0.3 is 0 Å². The van der Waals surface area contributed by atoms with E-state index in [2.05, 4.69) is 9.97 Å². The monoisotopic (exact) mass is 474 g/mol. The molecular formula is C23H30N4O5S. The maximum atomic E-state index is 13.6. The lowest BCUT2D eigenvalue weighted by molar-refractivity contribution is -0.132. The Morgan fingerprint density at radius 1 is 1.27 bits per heavy atom. The molecule has 1 fully saturated rings. The summed E-state index contributed by atoms with van der Waals surface area (Å²) in [4.78, 5) is 22.4. The Bertz CT molecular complexity index is 1110. The van der Waals surface area contributed by atoms with Crippen molar-refractivity contribution in [1.29, 1.82) is 0 Å². The first-order chi connectivity index (χ1) is 15.7. The third kappa shape index (κ3) is 4.87. The van der Waals surface area contributed by atoms with Gasteiger partial charge in [-0.05, 0) is 37.5 Å². The lowest BCUT2D eigenvalue weighted by atomic mass is 10.0. The largest absolute Gasteiger partial charge is 0.487 e. The number of hydrogen-bond donors (Lipinski definition) is 1. The fraction of sp³-hybridized carbons (Fsp3) is 0.522. The minimum Gasteiger partial charge on any atom is -0.487 e. The van der Waals surface area contributed by atoms with Crippen molar-refractivity contribution in [3.05, 3.63) is 36.9 Å². The molecule has 0 radical (unpaired) electrons. The van der Waals surface area contributed by atoms with Gasteiger partial charge in [0.25, 0.3) is 0 Å². The van der Waals surface area contributed by atoms with Crippen LogP contribution in [-0.2, 0) is 14.8 Å². The third-order valence-corrected chi connectivity index (χ3v) is 8.34. The van der Waals surface area contributed by atoms with Gasteiger partial charge in [0.1, 0.15) is 23.1 Å². The molecule has 2 aromatic rings. The minimum atomic E-state index is -3.92. The van der Waals surface area contributed by atoms with Gasteiger partial charge in [0, 0.05) is 49.4 Å². The molecule has 1 saturated carbocycles. The van der Waals surface area contributed by atoms with Crippen LogP contribution in [0.15, 0.2) is 41.8 Å². The zero-order valence-corrected chi connectivity index (χ0v) is 19.9. The molecule has 1 amide bonds. The second kappa shape index (κ2) is 9.36. The molecule has 9 nitrogen and oxygen atoms in total. The maximum Gasteiger partial charge on any atom is 0.247 e. The van der Waals surface area contributed by atoms with Gasteiger partial charge in [-0.15, -0.1) is 0 Å². The van der Waals surface area contributed by atoms with E-state index in [1.54, 1.807) is 43.4 Å². The Labute approximate surface area is 194 Å². The van der Waals surface area contributed by atoms with Crippen molar-refractivity contribution >= 4 is 15.9 Å². The predicted molar refractivity (Wildman–Crippen MR) is 122 cm³/mol. The summed E-state index contributed by atoms with van der Waals surface area (Å²) in [5.74, 6) is 0.175. The van der Waals surface area contributed by atoms with E-state index in [0.29, 0.717) is 6.54 Å². The molecule has 0 spiro atoms. The summed E-state index contributed by atoms with van der Waals surface area (Å²) in [6.45, 7) is 3.81. The van der Waals surface area contributed by atoms with Crippen LogP contribution in [-0.4, -0.2) is 77.5 Å². The number of amides is 1. The highest BCUT2D eigenvalue weighted by molar-refractivity contribution is 7.89. The third-order valence-electron chi connectivity index (χ3n) is 6.32. The molecule has 1 aromatic carbocycles. The minimum absolute atomic E-state index is 0.0384. The summed E-state index contributed by atoms with van der Waals surface area (Å²) in [6.07, 6.45) is 6.12. The number of fused-ring (bicyclic) bond motifs is 1. The zero-order chi connectivity index (χ0) is 23.8. The van der Waals surface area contributed by atoms with Crippen LogP contribution in [0, 0.1) is 11.8 Å². The number of carbonyl (C=O) groups is 1. The van der Waals surface area contributed by atoms with Gasteiger partial charge in [-0.2, -0.15) is 4.31 Å². The van der Waals surface area contributed by atoms with Crippen LogP contribution < -0.4 is 4.74 Å². The molecule has 4 rings (SSSR count). The second-order valence-corrected chi connectivity index (χ2v) is 10.9. The number of likely N-dealkylation sites (N-methyl/N-ethyl adjacent to an activating group) is 1. The first-order valence-corrected chi connectivity index (χ1v) is 12.6. The van der Waals surface area contributed by atoms with Crippen LogP contribution in [0.2, 0.25) is 0 Å². The van der Waals surface area contributed by atoms with Gasteiger partial charge in [-0.25, -0.2) is 18.4 Å². The zero-order valence-electron chi connectivity index (χ0n) is 19.1. The van der Waals surface area contributed by atoms with Crippen molar-refractivity contribution < 1.29 is 23.1 Å². The average Bonchev–Trinajstić information content (AvgIpc) is 3.66. The van der Waals surface area contributed by atoms with Gasteiger partial charge in [-0.1, -0.05) is 13.0 Å². The molecule has 0 saturated heterocycles. The first kappa shape index (κ1) is 23.6. The number of aliphatic hydroxyl groups is 1. The Hall–Kier alpha value is -2.56. The molecule has 0 unspecified atom stereocenters. The van der Waals surface area contributed by atoms with Crippen molar-refractivity contribution in [3.8, 4) is 16.9 Å². The fourth-order valence-corrected chi connectivity index (χ4v) is 5.90. The molecule has 1 aliphatic carbocycles. The molecule has 1 aromatic heterocycles. The maximum absolute atomic E-state index is 13.6. The number of ether oxygens (including phenoxy) is 1.